The summed E-state index contributed by atoms with van der Waals surface area (Å²) in [5, 5.41) is 12.4. The highest BCUT2D eigenvalue weighted by atomic mass is 19.1. The number of ether oxygens (including phenoxy) is 1. The van der Waals surface area contributed by atoms with Crippen LogP contribution in [-0.4, -0.2) is 42.0 Å². The van der Waals surface area contributed by atoms with Crippen LogP contribution in [0.25, 0.3) is 22.5 Å². The summed E-state index contributed by atoms with van der Waals surface area (Å²) in [6.07, 6.45) is 3.10. The van der Waals surface area contributed by atoms with E-state index in [0.717, 1.165) is 11.3 Å². The van der Waals surface area contributed by atoms with Crippen LogP contribution in [0.5, 0.6) is 5.75 Å². The number of carbonyl (C=O) groups excluding carboxylic acids is 1. The Hall–Kier alpha value is -4.60. The molecule has 0 radical (unpaired) electrons. The topological polar surface area (TPSA) is 99.7 Å². The molecule has 0 atom stereocenters. The summed E-state index contributed by atoms with van der Waals surface area (Å²) in [5.41, 5.74) is 4.48. The quantitative estimate of drug-likeness (QED) is 0.401. The van der Waals surface area contributed by atoms with Crippen LogP contribution in [0.2, 0.25) is 0 Å². The number of anilines is 1. The Kier molecular flexibility index (Phi) is 5.69. The Balaban J connectivity index is 1.45. The van der Waals surface area contributed by atoms with E-state index >= 15 is 0 Å². The number of hydrogen-bond acceptors (Lipinski definition) is 6. The normalized spacial score (nSPS) is 11.1. The SMILES string of the molecule is Cc1cc(NC(=O)COc2ccccc2F)n(-c2ncnc3c2cnn3-c2ccc(C)c(C)c2)n1. The largest absolute Gasteiger partial charge is 0.481 e. The van der Waals surface area contributed by atoms with E-state index in [0.29, 0.717) is 28.4 Å². The summed E-state index contributed by atoms with van der Waals surface area (Å²) in [6.45, 7) is 5.54. The molecule has 9 nitrogen and oxygen atoms in total. The maximum absolute atomic E-state index is 13.8. The van der Waals surface area contributed by atoms with E-state index in [1.165, 1.54) is 28.7 Å². The van der Waals surface area contributed by atoms with Gasteiger partial charge in [0.1, 0.15) is 12.1 Å². The number of hydrogen-bond donors (Lipinski definition) is 1. The van der Waals surface area contributed by atoms with Crippen molar-refractivity contribution in [2.24, 2.45) is 0 Å². The average molecular weight is 471 g/mol. The Morgan fingerprint density at radius 3 is 2.66 bits per heavy atom. The van der Waals surface area contributed by atoms with Crippen molar-refractivity contribution < 1.29 is 13.9 Å². The number of para-hydroxylation sites is 1. The number of aryl methyl sites for hydroxylation is 3. The van der Waals surface area contributed by atoms with Crippen LogP contribution in [0.3, 0.4) is 0 Å². The van der Waals surface area contributed by atoms with Crippen molar-refractivity contribution in [2.45, 2.75) is 20.8 Å². The molecule has 0 bridgehead atoms. The van der Waals surface area contributed by atoms with Crippen LogP contribution in [0.15, 0.2) is 61.1 Å². The second-order valence-electron chi connectivity index (χ2n) is 8.11. The average Bonchev–Trinajstić information content (AvgIpc) is 3.43. The summed E-state index contributed by atoms with van der Waals surface area (Å²) in [4.78, 5) is 21.4. The molecule has 3 heterocycles. The molecule has 0 aliphatic heterocycles. The second kappa shape index (κ2) is 8.98. The summed E-state index contributed by atoms with van der Waals surface area (Å²) in [7, 11) is 0. The summed E-state index contributed by atoms with van der Waals surface area (Å²) in [6, 6.07) is 13.7. The Labute approximate surface area is 200 Å². The molecule has 0 saturated heterocycles. The van der Waals surface area contributed by atoms with Crippen molar-refractivity contribution in [3.63, 3.8) is 0 Å². The Morgan fingerprint density at radius 1 is 1.03 bits per heavy atom. The number of nitrogens with one attached hydrogen (secondary N) is 1. The van der Waals surface area contributed by atoms with Gasteiger partial charge in [0.25, 0.3) is 5.91 Å². The number of halogens is 1. The van der Waals surface area contributed by atoms with Gasteiger partial charge in [-0.1, -0.05) is 18.2 Å². The fourth-order valence-corrected chi connectivity index (χ4v) is 3.68. The van der Waals surface area contributed by atoms with Gasteiger partial charge in [0.2, 0.25) is 0 Å². The molecule has 2 aromatic carbocycles. The highest BCUT2D eigenvalue weighted by Gasteiger charge is 2.18. The Bertz CT molecular complexity index is 1560. The fourth-order valence-electron chi connectivity index (χ4n) is 3.68. The lowest BCUT2D eigenvalue weighted by molar-refractivity contribution is -0.118. The maximum Gasteiger partial charge on any atom is 0.263 e. The van der Waals surface area contributed by atoms with Gasteiger partial charge in [0, 0.05) is 6.07 Å². The van der Waals surface area contributed by atoms with Crippen LogP contribution in [-0.2, 0) is 4.79 Å². The van der Waals surface area contributed by atoms with E-state index in [4.69, 9.17) is 4.74 Å². The van der Waals surface area contributed by atoms with E-state index in [1.807, 2.05) is 25.1 Å². The third-order valence-electron chi connectivity index (χ3n) is 5.57. The van der Waals surface area contributed by atoms with Crippen LogP contribution in [0, 0.1) is 26.6 Å². The van der Waals surface area contributed by atoms with Gasteiger partial charge in [-0.3, -0.25) is 4.79 Å². The lowest BCUT2D eigenvalue weighted by Gasteiger charge is -2.10. The molecule has 0 spiro atoms. The lowest BCUT2D eigenvalue weighted by atomic mass is 10.1. The van der Waals surface area contributed by atoms with Crippen LogP contribution >= 0.6 is 0 Å². The molecule has 1 N–H and O–H groups in total. The van der Waals surface area contributed by atoms with E-state index < -0.39 is 11.7 Å². The second-order valence-corrected chi connectivity index (χ2v) is 8.11. The number of benzene rings is 2. The molecule has 0 aliphatic rings. The highest BCUT2D eigenvalue weighted by Crippen LogP contribution is 2.25. The number of amides is 1. The predicted molar refractivity (Wildman–Crippen MR) is 129 cm³/mol. The van der Waals surface area contributed by atoms with Gasteiger partial charge in [-0.25, -0.2) is 19.0 Å². The van der Waals surface area contributed by atoms with E-state index in [9.17, 15) is 9.18 Å². The van der Waals surface area contributed by atoms with Gasteiger partial charge >= 0.3 is 0 Å². The van der Waals surface area contributed by atoms with Crippen LogP contribution in [0.1, 0.15) is 16.8 Å². The number of nitrogens with zero attached hydrogens (tertiary/aromatic N) is 6. The minimum Gasteiger partial charge on any atom is -0.481 e. The molecule has 5 aromatic rings. The first kappa shape index (κ1) is 22.2. The van der Waals surface area contributed by atoms with Gasteiger partial charge in [-0.05, 0) is 56.2 Å². The molecule has 176 valence electrons. The molecule has 0 fully saturated rings. The zero-order valence-corrected chi connectivity index (χ0v) is 19.4. The van der Waals surface area contributed by atoms with Gasteiger partial charge in [0.15, 0.2) is 29.6 Å². The number of fused-ring (bicyclic) bond motifs is 1. The van der Waals surface area contributed by atoms with E-state index in [1.54, 1.807) is 36.0 Å². The first-order valence-corrected chi connectivity index (χ1v) is 10.9. The van der Waals surface area contributed by atoms with Crippen LogP contribution < -0.4 is 10.1 Å². The van der Waals surface area contributed by atoms with Gasteiger partial charge < -0.3 is 10.1 Å². The number of aromatic nitrogens is 6. The Morgan fingerprint density at radius 2 is 1.86 bits per heavy atom. The highest BCUT2D eigenvalue weighted by molar-refractivity contribution is 5.92. The standard InChI is InChI=1S/C25H22FN7O2/c1-15-8-9-18(10-16(15)2)32-24-19(12-29-32)25(28-14-27-24)33-22(11-17(3)31-33)30-23(34)13-35-21-7-5-4-6-20(21)26/h4-12,14H,13H2,1-3H3,(H,30,34). The fraction of sp³-hybridized carbons (Fsp3) is 0.160. The molecular formula is C25H22FN7O2. The van der Waals surface area contributed by atoms with Crippen molar-refractivity contribution in [1.29, 1.82) is 0 Å². The molecule has 3 aromatic heterocycles. The summed E-state index contributed by atoms with van der Waals surface area (Å²) >= 11 is 0. The zero-order chi connectivity index (χ0) is 24.5. The summed E-state index contributed by atoms with van der Waals surface area (Å²) < 4.78 is 22.3. The van der Waals surface area contributed by atoms with Crippen molar-refractivity contribution in [3.8, 4) is 17.3 Å². The first-order chi connectivity index (χ1) is 16.9. The lowest BCUT2D eigenvalue weighted by Crippen LogP contribution is -2.22. The molecule has 5 rings (SSSR count). The minimum absolute atomic E-state index is 0.00334. The van der Waals surface area contributed by atoms with Crippen LogP contribution in [0.4, 0.5) is 10.2 Å². The maximum atomic E-state index is 13.8. The monoisotopic (exact) mass is 471 g/mol. The zero-order valence-electron chi connectivity index (χ0n) is 19.4. The number of carbonyl (C=O) groups is 1. The van der Waals surface area contributed by atoms with E-state index in [-0.39, 0.29) is 12.4 Å². The van der Waals surface area contributed by atoms with E-state index in [2.05, 4.69) is 32.4 Å². The van der Waals surface area contributed by atoms with Gasteiger partial charge in [-0.15, -0.1) is 0 Å². The molecule has 35 heavy (non-hydrogen) atoms. The molecule has 0 aliphatic carbocycles. The first-order valence-electron chi connectivity index (χ1n) is 10.9. The third kappa shape index (κ3) is 4.33. The predicted octanol–water partition coefficient (Wildman–Crippen LogP) is 4.08. The third-order valence-corrected chi connectivity index (χ3v) is 5.57. The van der Waals surface area contributed by atoms with Crippen molar-refractivity contribution in [3.05, 3.63) is 83.7 Å². The van der Waals surface area contributed by atoms with Crippen molar-refractivity contribution >= 4 is 22.8 Å². The molecular weight excluding hydrogens is 449 g/mol. The summed E-state index contributed by atoms with van der Waals surface area (Å²) in [5.74, 6) is -0.147. The molecule has 10 heteroatoms. The van der Waals surface area contributed by atoms with Gasteiger partial charge in [0.05, 0.1) is 23.0 Å². The molecule has 0 unspecified atom stereocenters. The molecule has 0 saturated carbocycles. The number of rotatable bonds is 6. The van der Waals surface area contributed by atoms with Crippen molar-refractivity contribution in [2.75, 3.05) is 11.9 Å². The smallest absolute Gasteiger partial charge is 0.263 e. The minimum atomic E-state index is -0.537. The van der Waals surface area contributed by atoms with Gasteiger partial charge in [-0.2, -0.15) is 14.9 Å². The van der Waals surface area contributed by atoms with Crippen molar-refractivity contribution in [1.82, 2.24) is 29.5 Å². The molecule has 1 amide bonds.